The second-order valence-corrected chi connectivity index (χ2v) is 8.94. The number of benzene rings is 2. The highest BCUT2D eigenvalue weighted by molar-refractivity contribution is 8.27. The second kappa shape index (κ2) is 8.13. The van der Waals surface area contributed by atoms with Crippen molar-refractivity contribution in [1.29, 1.82) is 5.41 Å². The molecule has 0 bridgehead atoms. The summed E-state index contributed by atoms with van der Waals surface area (Å²) < 4.78 is 16.2. The Hall–Kier alpha value is -3.49. The summed E-state index contributed by atoms with van der Waals surface area (Å²) in [7, 11) is 0. The van der Waals surface area contributed by atoms with Gasteiger partial charge in [-0.25, -0.2) is 4.39 Å². The molecule has 0 atom stereocenters. The van der Waals surface area contributed by atoms with Gasteiger partial charge in [0.05, 0.1) is 5.57 Å². The largest absolute Gasteiger partial charge is 0.318 e. The van der Waals surface area contributed by atoms with E-state index in [1.54, 1.807) is 24.3 Å². The molecule has 0 saturated heterocycles. The summed E-state index contributed by atoms with van der Waals surface area (Å²) in [5.41, 5.74) is 3.95. The Morgan fingerprint density at radius 2 is 1.91 bits per heavy atom. The Labute approximate surface area is 198 Å². The van der Waals surface area contributed by atoms with Crippen molar-refractivity contribution in [2.45, 2.75) is 13.8 Å². The minimum Gasteiger partial charge on any atom is -0.318 e. The number of carbonyl (C=O) groups is 1. The van der Waals surface area contributed by atoms with Gasteiger partial charge in [-0.2, -0.15) is 15.1 Å². The number of fused-ring (bicyclic) bond motifs is 1. The van der Waals surface area contributed by atoms with Crippen molar-refractivity contribution in [3.05, 3.63) is 93.5 Å². The number of halogens is 2. The van der Waals surface area contributed by atoms with Crippen LogP contribution in [-0.4, -0.2) is 31.5 Å². The Kier molecular flexibility index (Phi) is 5.26. The van der Waals surface area contributed by atoms with E-state index in [0.29, 0.717) is 15.6 Å². The summed E-state index contributed by atoms with van der Waals surface area (Å²) >= 11 is 7.23. The van der Waals surface area contributed by atoms with Crippen LogP contribution in [0.4, 0.5) is 4.39 Å². The van der Waals surface area contributed by atoms with Gasteiger partial charge in [-0.3, -0.25) is 10.2 Å². The molecule has 3 aromatic rings. The van der Waals surface area contributed by atoms with Crippen LogP contribution in [0.2, 0.25) is 5.02 Å². The molecule has 3 heterocycles. The molecule has 2 aliphatic heterocycles. The fourth-order valence-electron chi connectivity index (χ4n) is 3.84. The number of thioether (sulfide) groups is 1. The first-order valence-corrected chi connectivity index (χ1v) is 11.2. The number of aromatic nitrogens is 1. The van der Waals surface area contributed by atoms with E-state index in [0.717, 1.165) is 34.4 Å². The maximum absolute atomic E-state index is 14.2. The lowest BCUT2D eigenvalue weighted by Gasteiger charge is -2.20. The SMILES string of the molecule is Cc1cc(C=C2C(=N)N3N=C(c4ccccc4F)SC3=NC2=O)c(C)n1-c1cccc(Cl)c1. The van der Waals surface area contributed by atoms with Crippen molar-refractivity contribution in [1.82, 2.24) is 9.58 Å². The lowest BCUT2D eigenvalue weighted by molar-refractivity contribution is -0.114. The molecule has 9 heteroatoms. The van der Waals surface area contributed by atoms with Gasteiger partial charge in [-0.05, 0) is 73.6 Å². The first-order valence-electron chi connectivity index (χ1n) is 10.0. The molecular weight excluding hydrogens is 461 g/mol. The summed E-state index contributed by atoms with van der Waals surface area (Å²) in [6.45, 7) is 3.90. The number of hydrogen-bond acceptors (Lipinski definition) is 4. The number of hydrazone groups is 1. The minimum atomic E-state index is -0.531. The van der Waals surface area contributed by atoms with Crippen molar-refractivity contribution in [3.8, 4) is 5.69 Å². The summed E-state index contributed by atoms with van der Waals surface area (Å²) in [5, 5.41) is 15.4. The second-order valence-electron chi connectivity index (χ2n) is 7.55. The lowest BCUT2D eigenvalue weighted by Crippen LogP contribution is -2.35. The van der Waals surface area contributed by atoms with Gasteiger partial charge in [0.2, 0.25) is 5.17 Å². The minimum absolute atomic E-state index is 0.101. The van der Waals surface area contributed by atoms with E-state index in [4.69, 9.17) is 17.0 Å². The van der Waals surface area contributed by atoms with Crippen LogP contribution in [0.1, 0.15) is 22.5 Å². The van der Waals surface area contributed by atoms with E-state index in [2.05, 4.69) is 10.1 Å². The maximum atomic E-state index is 14.2. The third-order valence-corrected chi connectivity index (χ3v) is 6.57. The number of nitrogens with zero attached hydrogens (tertiary/aromatic N) is 4. The van der Waals surface area contributed by atoms with Gasteiger partial charge in [0.25, 0.3) is 5.91 Å². The van der Waals surface area contributed by atoms with Gasteiger partial charge in [0, 0.05) is 27.7 Å². The van der Waals surface area contributed by atoms with Crippen molar-refractivity contribution in [3.63, 3.8) is 0 Å². The van der Waals surface area contributed by atoms with Gasteiger partial charge in [-0.15, -0.1) is 0 Å². The molecule has 0 aliphatic carbocycles. The average Bonchev–Trinajstić information content (AvgIpc) is 3.32. The van der Waals surface area contributed by atoms with Crippen LogP contribution in [0.15, 0.2) is 70.3 Å². The quantitative estimate of drug-likeness (QED) is 0.502. The Balaban J connectivity index is 1.53. The number of aliphatic imine (C=N–C) groups is 1. The molecule has 6 nitrogen and oxygen atoms in total. The Morgan fingerprint density at radius 3 is 2.67 bits per heavy atom. The van der Waals surface area contributed by atoms with Crippen LogP contribution >= 0.6 is 23.4 Å². The molecule has 5 rings (SSSR count). The fourth-order valence-corrected chi connectivity index (χ4v) is 4.94. The number of rotatable bonds is 3. The van der Waals surface area contributed by atoms with Gasteiger partial charge in [-0.1, -0.05) is 29.8 Å². The molecule has 2 aromatic carbocycles. The van der Waals surface area contributed by atoms with Crippen LogP contribution in [0, 0.1) is 25.1 Å². The molecule has 1 N–H and O–H groups in total. The molecule has 1 aromatic heterocycles. The van der Waals surface area contributed by atoms with Gasteiger partial charge in [0.1, 0.15) is 10.9 Å². The van der Waals surface area contributed by atoms with E-state index in [-0.39, 0.29) is 16.6 Å². The molecular formula is C24H17ClFN5OS. The first-order chi connectivity index (χ1) is 15.8. The van der Waals surface area contributed by atoms with Gasteiger partial charge >= 0.3 is 0 Å². The van der Waals surface area contributed by atoms with Crippen molar-refractivity contribution in [2.75, 3.05) is 0 Å². The predicted octanol–water partition coefficient (Wildman–Crippen LogP) is 5.55. The van der Waals surface area contributed by atoms with E-state index < -0.39 is 11.7 Å². The first kappa shape index (κ1) is 21.4. The standard InChI is InChI=1S/C24H17ClFN5OS/c1-13-10-15(14(2)30(13)17-7-5-6-16(25)12-17)11-19-21(27)31-24(28-22(19)32)33-23(29-31)18-8-3-4-9-20(18)26/h3-12,27H,1-2H3. The number of amidine groups is 2. The van der Waals surface area contributed by atoms with Gasteiger partial charge in [0.15, 0.2) is 5.84 Å². The third kappa shape index (κ3) is 3.71. The summed E-state index contributed by atoms with van der Waals surface area (Å²) in [4.78, 5) is 16.9. The van der Waals surface area contributed by atoms with Crippen LogP contribution < -0.4 is 0 Å². The highest BCUT2D eigenvalue weighted by Crippen LogP contribution is 2.32. The highest BCUT2D eigenvalue weighted by Gasteiger charge is 2.36. The summed E-state index contributed by atoms with van der Waals surface area (Å²) in [6, 6.07) is 15.7. The molecule has 2 aliphatic rings. The normalized spacial score (nSPS) is 16.8. The highest BCUT2D eigenvalue weighted by atomic mass is 35.5. The monoisotopic (exact) mass is 477 g/mol. The number of hydrogen-bond donors (Lipinski definition) is 1. The van der Waals surface area contributed by atoms with E-state index in [1.807, 2.05) is 48.7 Å². The molecule has 0 unspecified atom stereocenters. The topological polar surface area (TPSA) is 73.8 Å². The number of nitrogens with one attached hydrogen (secondary N) is 1. The van der Waals surface area contributed by atoms with E-state index in [9.17, 15) is 9.18 Å². The van der Waals surface area contributed by atoms with Crippen LogP contribution in [0.3, 0.4) is 0 Å². The molecule has 1 amide bonds. The van der Waals surface area contributed by atoms with Gasteiger partial charge < -0.3 is 4.57 Å². The van der Waals surface area contributed by atoms with Crippen LogP contribution in [0.5, 0.6) is 0 Å². The molecule has 0 radical (unpaired) electrons. The van der Waals surface area contributed by atoms with E-state index in [1.165, 1.54) is 11.1 Å². The van der Waals surface area contributed by atoms with Crippen molar-refractivity contribution >= 4 is 51.4 Å². The van der Waals surface area contributed by atoms with Crippen molar-refractivity contribution < 1.29 is 9.18 Å². The third-order valence-electron chi connectivity index (χ3n) is 5.40. The van der Waals surface area contributed by atoms with Crippen LogP contribution in [-0.2, 0) is 4.79 Å². The number of aryl methyl sites for hydroxylation is 1. The average molecular weight is 478 g/mol. The summed E-state index contributed by atoms with van der Waals surface area (Å²) in [5.74, 6) is -1.06. The fraction of sp³-hybridized carbons (Fsp3) is 0.0833. The Morgan fingerprint density at radius 1 is 1.12 bits per heavy atom. The van der Waals surface area contributed by atoms with Crippen LogP contribution in [0.25, 0.3) is 11.8 Å². The zero-order valence-electron chi connectivity index (χ0n) is 17.6. The van der Waals surface area contributed by atoms with E-state index >= 15 is 0 Å². The zero-order valence-corrected chi connectivity index (χ0v) is 19.2. The number of carbonyl (C=O) groups excluding carboxylic acids is 1. The molecule has 0 saturated carbocycles. The molecule has 33 heavy (non-hydrogen) atoms. The zero-order chi connectivity index (χ0) is 23.3. The maximum Gasteiger partial charge on any atom is 0.283 e. The number of amides is 1. The molecule has 0 spiro atoms. The Bertz CT molecular complexity index is 1440. The molecule has 0 fully saturated rings. The smallest absolute Gasteiger partial charge is 0.283 e. The molecule has 164 valence electrons. The summed E-state index contributed by atoms with van der Waals surface area (Å²) in [6.07, 6.45) is 1.65. The lowest BCUT2D eigenvalue weighted by atomic mass is 10.1. The predicted molar refractivity (Wildman–Crippen MR) is 131 cm³/mol. The van der Waals surface area contributed by atoms with Crippen molar-refractivity contribution in [2.24, 2.45) is 10.1 Å².